The lowest BCUT2D eigenvalue weighted by Crippen LogP contribution is -1.89. The summed E-state index contributed by atoms with van der Waals surface area (Å²) in [6, 6.07) is 3.89. The molecule has 0 aliphatic carbocycles. The van der Waals surface area contributed by atoms with Gasteiger partial charge in [-0.3, -0.25) is 0 Å². The van der Waals surface area contributed by atoms with Gasteiger partial charge < -0.3 is 5.73 Å². The van der Waals surface area contributed by atoms with Crippen molar-refractivity contribution >= 4 is 27.4 Å². The second-order valence-corrected chi connectivity index (χ2v) is 3.42. The van der Waals surface area contributed by atoms with E-state index in [9.17, 15) is 0 Å². The normalized spacial score (nSPS) is 10.6. The summed E-state index contributed by atoms with van der Waals surface area (Å²) in [5.41, 5.74) is 7.80. The molecule has 3 heteroatoms. The van der Waals surface area contributed by atoms with Crippen LogP contribution < -0.4 is 5.73 Å². The van der Waals surface area contributed by atoms with E-state index in [0.29, 0.717) is 5.82 Å². The molecule has 2 nitrogen and oxygen atoms in total. The SMILES string of the molecule is Cc1cc(N)nc2ccsc12. The minimum Gasteiger partial charge on any atom is -0.384 e. The van der Waals surface area contributed by atoms with Gasteiger partial charge in [0.05, 0.1) is 10.2 Å². The Morgan fingerprint density at radius 1 is 1.55 bits per heavy atom. The first-order valence-electron chi connectivity index (χ1n) is 3.38. The lowest BCUT2D eigenvalue weighted by Gasteiger charge is -1.96. The van der Waals surface area contributed by atoms with Gasteiger partial charge in [0.1, 0.15) is 5.82 Å². The number of aromatic nitrogens is 1. The predicted molar refractivity (Wildman–Crippen MR) is 48.8 cm³/mol. The van der Waals surface area contributed by atoms with Crippen LogP contribution in [0.25, 0.3) is 10.2 Å². The molecule has 0 unspecified atom stereocenters. The fourth-order valence-corrected chi connectivity index (χ4v) is 1.96. The number of pyridine rings is 1. The number of rotatable bonds is 0. The van der Waals surface area contributed by atoms with Gasteiger partial charge in [0.2, 0.25) is 0 Å². The Labute approximate surface area is 68.7 Å². The first kappa shape index (κ1) is 6.61. The van der Waals surface area contributed by atoms with E-state index in [2.05, 4.69) is 11.9 Å². The summed E-state index contributed by atoms with van der Waals surface area (Å²) in [6.07, 6.45) is 0. The summed E-state index contributed by atoms with van der Waals surface area (Å²) in [4.78, 5) is 4.18. The Hall–Kier alpha value is -1.09. The van der Waals surface area contributed by atoms with Gasteiger partial charge in [0.15, 0.2) is 0 Å². The summed E-state index contributed by atoms with van der Waals surface area (Å²) in [7, 11) is 0. The van der Waals surface area contributed by atoms with Crippen LogP contribution in [0.4, 0.5) is 5.82 Å². The van der Waals surface area contributed by atoms with Crippen LogP contribution in [0.5, 0.6) is 0 Å². The summed E-state index contributed by atoms with van der Waals surface area (Å²) in [6.45, 7) is 2.05. The maximum atomic E-state index is 5.58. The van der Waals surface area contributed by atoms with Crippen LogP contribution in [0.15, 0.2) is 17.5 Å². The summed E-state index contributed by atoms with van der Waals surface area (Å²) in [5.74, 6) is 0.605. The van der Waals surface area contributed by atoms with E-state index in [-0.39, 0.29) is 0 Å². The lowest BCUT2D eigenvalue weighted by molar-refractivity contribution is 1.39. The third kappa shape index (κ3) is 0.973. The Kier molecular flexibility index (Phi) is 1.32. The van der Waals surface area contributed by atoms with Crippen LogP contribution in [-0.2, 0) is 0 Å². The number of nitrogen functional groups attached to an aromatic ring is 1. The van der Waals surface area contributed by atoms with Gasteiger partial charge in [-0.2, -0.15) is 0 Å². The Balaban J connectivity index is 2.91. The number of nitrogens with zero attached hydrogens (tertiary/aromatic N) is 1. The van der Waals surface area contributed by atoms with Crippen LogP contribution in [-0.4, -0.2) is 4.98 Å². The van der Waals surface area contributed by atoms with Crippen molar-refractivity contribution in [1.29, 1.82) is 0 Å². The quantitative estimate of drug-likeness (QED) is 0.648. The summed E-state index contributed by atoms with van der Waals surface area (Å²) in [5, 5.41) is 2.03. The third-order valence-corrected chi connectivity index (χ3v) is 2.66. The minimum absolute atomic E-state index is 0.605. The highest BCUT2D eigenvalue weighted by atomic mass is 32.1. The molecule has 0 atom stereocenters. The van der Waals surface area contributed by atoms with Crippen LogP contribution in [0.2, 0.25) is 0 Å². The zero-order valence-corrected chi connectivity index (χ0v) is 6.98. The number of anilines is 1. The molecule has 0 saturated heterocycles. The Bertz CT molecular complexity index is 392. The minimum atomic E-state index is 0.605. The maximum Gasteiger partial charge on any atom is 0.124 e. The molecule has 56 valence electrons. The van der Waals surface area contributed by atoms with E-state index in [1.807, 2.05) is 17.5 Å². The van der Waals surface area contributed by atoms with Crippen molar-refractivity contribution in [3.05, 3.63) is 23.1 Å². The second kappa shape index (κ2) is 2.20. The van der Waals surface area contributed by atoms with Gasteiger partial charge in [0.25, 0.3) is 0 Å². The molecule has 0 bridgehead atoms. The predicted octanol–water partition coefficient (Wildman–Crippen LogP) is 2.19. The second-order valence-electron chi connectivity index (χ2n) is 2.50. The first-order chi connectivity index (χ1) is 5.27. The molecule has 2 aromatic heterocycles. The average molecular weight is 164 g/mol. The van der Waals surface area contributed by atoms with Crippen LogP contribution in [0.3, 0.4) is 0 Å². The number of fused-ring (bicyclic) bond motifs is 1. The van der Waals surface area contributed by atoms with Crippen molar-refractivity contribution in [1.82, 2.24) is 4.98 Å². The number of aryl methyl sites for hydroxylation is 1. The average Bonchev–Trinajstić information content (AvgIpc) is 2.34. The summed E-state index contributed by atoms with van der Waals surface area (Å²) < 4.78 is 1.24. The molecule has 0 radical (unpaired) electrons. The number of thiophene rings is 1. The Morgan fingerprint density at radius 2 is 2.36 bits per heavy atom. The topological polar surface area (TPSA) is 38.9 Å². The highest BCUT2D eigenvalue weighted by Crippen LogP contribution is 2.23. The molecule has 0 aliphatic rings. The molecule has 11 heavy (non-hydrogen) atoms. The third-order valence-electron chi connectivity index (χ3n) is 1.62. The molecular formula is C8H8N2S. The maximum absolute atomic E-state index is 5.58. The monoisotopic (exact) mass is 164 g/mol. The van der Waals surface area contributed by atoms with Gasteiger partial charge >= 0.3 is 0 Å². The highest BCUT2D eigenvalue weighted by molar-refractivity contribution is 7.17. The van der Waals surface area contributed by atoms with E-state index in [1.165, 1.54) is 10.3 Å². The molecule has 0 spiro atoms. The van der Waals surface area contributed by atoms with Gasteiger partial charge in [-0.15, -0.1) is 11.3 Å². The van der Waals surface area contributed by atoms with E-state index >= 15 is 0 Å². The van der Waals surface area contributed by atoms with Gasteiger partial charge in [-0.1, -0.05) is 0 Å². The molecule has 2 N–H and O–H groups in total. The van der Waals surface area contributed by atoms with E-state index in [1.54, 1.807) is 11.3 Å². The fourth-order valence-electron chi connectivity index (χ4n) is 1.14. The van der Waals surface area contributed by atoms with Crippen LogP contribution >= 0.6 is 11.3 Å². The standard InChI is InChI=1S/C8H8N2S/c1-5-4-7(9)10-6-2-3-11-8(5)6/h2-4H,1H3,(H2,9,10). The highest BCUT2D eigenvalue weighted by Gasteiger charge is 2.00. The smallest absolute Gasteiger partial charge is 0.124 e. The van der Waals surface area contributed by atoms with E-state index < -0.39 is 0 Å². The number of hydrogen-bond donors (Lipinski definition) is 1. The van der Waals surface area contributed by atoms with Gasteiger partial charge in [-0.05, 0) is 30.0 Å². The molecular weight excluding hydrogens is 156 g/mol. The molecule has 2 heterocycles. The zero-order chi connectivity index (χ0) is 7.84. The van der Waals surface area contributed by atoms with Crippen molar-refractivity contribution in [3.63, 3.8) is 0 Å². The van der Waals surface area contributed by atoms with Crippen molar-refractivity contribution in [2.45, 2.75) is 6.92 Å². The van der Waals surface area contributed by atoms with Crippen molar-refractivity contribution in [2.75, 3.05) is 5.73 Å². The van der Waals surface area contributed by atoms with Crippen LogP contribution in [0.1, 0.15) is 5.56 Å². The van der Waals surface area contributed by atoms with Crippen molar-refractivity contribution < 1.29 is 0 Å². The molecule has 0 aromatic carbocycles. The lowest BCUT2D eigenvalue weighted by atomic mass is 10.2. The van der Waals surface area contributed by atoms with Gasteiger partial charge in [-0.25, -0.2) is 4.98 Å². The fraction of sp³-hybridized carbons (Fsp3) is 0.125. The zero-order valence-electron chi connectivity index (χ0n) is 6.16. The number of hydrogen-bond acceptors (Lipinski definition) is 3. The van der Waals surface area contributed by atoms with E-state index in [4.69, 9.17) is 5.73 Å². The molecule has 2 aromatic rings. The van der Waals surface area contributed by atoms with Crippen molar-refractivity contribution in [2.24, 2.45) is 0 Å². The molecule has 0 aliphatic heterocycles. The first-order valence-corrected chi connectivity index (χ1v) is 4.25. The van der Waals surface area contributed by atoms with E-state index in [0.717, 1.165) is 5.52 Å². The molecule has 0 amide bonds. The van der Waals surface area contributed by atoms with Crippen LogP contribution in [0, 0.1) is 6.92 Å². The Morgan fingerprint density at radius 3 is 3.18 bits per heavy atom. The molecule has 2 rings (SSSR count). The number of nitrogens with two attached hydrogens (primary N) is 1. The summed E-state index contributed by atoms with van der Waals surface area (Å²) >= 11 is 1.70. The molecule has 0 fully saturated rings. The van der Waals surface area contributed by atoms with Gasteiger partial charge in [0, 0.05) is 0 Å². The largest absolute Gasteiger partial charge is 0.384 e. The molecule has 0 saturated carbocycles. The van der Waals surface area contributed by atoms with Crippen molar-refractivity contribution in [3.8, 4) is 0 Å².